The molecule has 0 unspecified atom stereocenters. The number of fused-ring (bicyclic) bond motifs is 1. The summed E-state index contributed by atoms with van der Waals surface area (Å²) in [5, 5.41) is 15.9. The van der Waals surface area contributed by atoms with Crippen LogP contribution in [0.2, 0.25) is 0 Å². The molecule has 1 aliphatic heterocycles. The molecular formula is C23H27N5O3. The molecule has 8 heteroatoms. The molecule has 1 saturated heterocycles. The first-order valence-corrected chi connectivity index (χ1v) is 11.0. The second kappa shape index (κ2) is 7.92. The number of benzene rings is 1. The number of piperidine rings is 1. The van der Waals surface area contributed by atoms with E-state index >= 15 is 0 Å². The van der Waals surface area contributed by atoms with E-state index in [4.69, 9.17) is 0 Å². The Morgan fingerprint density at radius 1 is 1.13 bits per heavy atom. The molecule has 1 amide bonds. The molecule has 162 valence electrons. The summed E-state index contributed by atoms with van der Waals surface area (Å²) < 4.78 is 3.11. The standard InChI is InChI=1S/C23H27N5O3/c29-21(17-6-4-5-7-17)26-12-10-23(31,11-13-26)15-27-16-24-20-19(22(27)30)14-25-28(20)18-8-2-1-3-9-18/h1-3,8-9,14,16-17,31H,4-7,10-13,15H2. The van der Waals surface area contributed by atoms with Crippen LogP contribution in [0.15, 0.2) is 47.7 Å². The van der Waals surface area contributed by atoms with Crippen LogP contribution in [0, 0.1) is 5.92 Å². The minimum Gasteiger partial charge on any atom is -0.388 e. The van der Waals surface area contributed by atoms with Crippen LogP contribution in [-0.4, -0.2) is 53.9 Å². The maximum Gasteiger partial charge on any atom is 0.264 e. The molecule has 1 saturated carbocycles. The highest BCUT2D eigenvalue weighted by Crippen LogP contribution is 2.30. The lowest BCUT2D eigenvalue weighted by molar-refractivity contribution is -0.140. The molecule has 0 radical (unpaired) electrons. The lowest BCUT2D eigenvalue weighted by Crippen LogP contribution is -2.50. The summed E-state index contributed by atoms with van der Waals surface area (Å²) in [7, 11) is 0. The van der Waals surface area contributed by atoms with E-state index in [0.29, 0.717) is 37.0 Å². The number of amides is 1. The van der Waals surface area contributed by atoms with Crippen LogP contribution in [0.1, 0.15) is 38.5 Å². The molecule has 2 aromatic heterocycles. The van der Waals surface area contributed by atoms with Crippen LogP contribution < -0.4 is 5.56 Å². The van der Waals surface area contributed by atoms with Crippen molar-refractivity contribution in [2.24, 2.45) is 5.92 Å². The maximum absolute atomic E-state index is 13.0. The minimum atomic E-state index is -1.03. The van der Waals surface area contributed by atoms with Crippen LogP contribution in [0.5, 0.6) is 0 Å². The summed E-state index contributed by atoms with van der Waals surface area (Å²) in [5.74, 6) is 0.384. The normalized spacial score (nSPS) is 19.2. The molecule has 0 spiro atoms. The third kappa shape index (κ3) is 3.76. The lowest BCUT2D eigenvalue weighted by atomic mass is 9.90. The first-order chi connectivity index (χ1) is 15.0. The van der Waals surface area contributed by atoms with E-state index in [1.165, 1.54) is 17.1 Å². The molecule has 0 atom stereocenters. The summed E-state index contributed by atoms with van der Waals surface area (Å²) in [6, 6.07) is 9.54. The fourth-order valence-corrected chi connectivity index (χ4v) is 4.87. The zero-order valence-corrected chi connectivity index (χ0v) is 17.5. The van der Waals surface area contributed by atoms with Crippen LogP contribution >= 0.6 is 0 Å². The molecule has 2 fully saturated rings. The molecule has 3 heterocycles. The molecule has 1 N–H and O–H groups in total. The predicted octanol–water partition coefficient (Wildman–Crippen LogP) is 2.13. The van der Waals surface area contributed by atoms with E-state index in [9.17, 15) is 14.7 Å². The van der Waals surface area contributed by atoms with Crippen molar-refractivity contribution >= 4 is 16.9 Å². The van der Waals surface area contributed by atoms with Gasteiger partial charge in [0.1, 0.15) is 11.7 Å². The van der Waals surface area contributed by atoms with E-state index in [1.54, 1.807) is 4.68 Å². The summed E-state index contributed by atoms with van der Waals surface area (Å²) in [5.41, 5.74) is 0.0858. The Kier molecular flexibility index (Phi) is 5.09. The highest BCUT2D eigenvalue weighted by molar-refractivity contribution is 5.79. The number of aromatic nitrogens is 4. The Bertz CT molecular complexity index is 1140. The number of carbonyl (C=O) groups is 1. The van der Waals surface area contributed by atoms with E-state index in [1.807, 2.05) is 35.2 Å². The minimum absolute atomic E-state index is 0.154. The molecular weight excluding hydrogens is 394 g/mol. The summed E-state index contributed by atoms with van der Waals surface area (Å²) >= 11 is 0. The fourth-order valence-electron chi connectivity index (χ4n) is 4.87. The van der Waals surface area contributed by atoms with Gasteiger partial charge in [-0.3, -0.25) is 14.2 Å². The Balaban J connectivity index is 1.32. The molecule has 1 aromatic carbocycles. The number of para-hydroxylation sites is 1. The van der Waals surface area contributed by atoms with Crippen molar-refractivity contribution in [1.29, 1.82) is 0 Å². The molecule has 3 aromatic rings. The van der Waals surface area contributed by atoms with E-state index < -0.39 is 5.60 Å². The molecule has 5 rings (SSSR count). The van der Waals surface area contributed by atoms with Crippen LogP contribution in [0.25, 0.3) is 16.7 Å². The zero-order valence-electron chi connectivity index (χ0n) is 17.5. The Labute approximate surface area is 180 Å². The summed E-state index contributed by atoms with van der Waals surface area (Å²) in [4.78, 5) is 32.0. The Morgan fingerprint density at radius 2 is 1.84 bits per heavy atom. The van der Waals surface area contributed by atoms with Crippen molar-refractivity contribution in [3.05, 3.63) is 53.2 Å². The molecule has 0 bridgehead atoms. The first kappa shape index (κ1) is 19.9. The van der Waals surface area contributed by atoms with Crippen molar-refractivity contribution in [3.63, 3.8) is 0 Å². The van der Waals surface area contributed by atoms with Gasteiger partial charge in [-0.1, -0.05) is 31.0 Å². The van der Waals surface area contributed by atoms with Gasteiger partial charge < -0.3 is 10.0 Å². The van der Waals surface area contributed by atoms with Gasteiger partial charge in [-0.05, 0) is 37.8 Å². The van der Waals surface area contributed by atoms with Crippen molar-refractivity contribution < 1.29 is 9.90 Å². The van der Waals surface area contributed by atoms with Gasteiger partial charge in [0, 0.05) is 19.0 Å². The number of aliphatic hydroxyl groups is 1. The highest BCUT2D eigenvalue weighted by atomic mass is 16.3. The van der Waals surface area contributed by atoms with Crippen molar-refractivity contribution in [3.8, 4) is 5.69 Å². The topological polar surface area (TPSA) is 93.2 Å². The zero-order chi connectivity index (χ0) is 21.4. The van der Waals surface area contributed by atoms with Gasteiger partial charge in [-0.25, -0.2) is 9.67 Å². The van der Waals surface area contributed by atoms with Gasteiger partial charge in [-0.15, -0.1) is 0 Å². The lowest BCUT2D eigenvalue weighted by Gasteiger charge is -2.39. The Morgan fingerprint density at radius 3 is 2.55 bits per heavy atom. The van der Waals surface area contributed by atoms with Crippen molar-refractivity contribution in [1.82, 2.24) is 24.2 Å². The van der Waals surface area contributed by atoms with Gasteiger partial charge in [-0.2, -0.15) is 5.10 Å². The third-order valence-corrected chi connectivity index (χ3v) is 6.73. The summed E-state index contributed by atoms with van der Waals surface area (Å²) in [6.45, 7) is 1.22. The number of hydrogen-bond donors (Lipinski definition) is 1. The number of nitrogens with zero attached hydrogens (tertiary/aromatic N) is 5. The Hall–Kier alpha value is -3.00. The van der Waals surface area contributed by atoms with Gasteiger partial charge in [0.2, 0.25) is 5.91 Å². The van der Waals surface area contributed by atoms with Gasteiger partial charge in [0.15, 0.2) is 5.65 Å². The number of carbonyl (C=O) groups excluding carboxylic acids is 1. The summed E-state index contributed by atoms with van der Waals surface area (Å²) in [6.07, 6.45) is 8.16. The number of hydrogen-bond acceptors (Lipinski definition) is 5. The second-order valence-electron chi connectivity index (χ2n) is 8.84. The van der Waals surface area contributed by atoms with E-state index in [2.05, 4.69) is 10.1 Å². The average molecular weight is 422 g/mol. The van der Waals surface area contributed by atoms with Crippen molar-refractivity contribution in [2.75, 3.05) is 13.1 Å². The SMILES string of the molecule is O=C(C1CCCC1)N1CCC(O)(Cn2cnc3c(cnn3-c3ccccc3)c2=O)CC1. The van der Waals surface area contributed by atoms with Crippen LogP contribution in [0.3, 0.4) is 0 Å². The molecule has 31 heavy (non-hydrogen) atoms. The van der Waals surface area contributed by atoms with E-state index in [0.717, 1.165) is 31.4 Å². The molecule has 2 aliphatic rings. The van der Waals surface area contributed by atoms with Gasteiger partial charge >= 0.3 is 0 Å². The van der Waals surface area contributed by atoms with E-state index in [-0.39, 0.29) is 23.9 Å². The average Bonchev–Trinajstić information content (AvgIpc) is 3.47. The smallest absolute Gasteiger partial charge is 0.264 e. The third-order valence-electron chi connectivity index (χ3n) is 6.73. The maximum atomic E-state index is 13.0. The molecule has 1 aliphatic carbocycles. The highest BCUT2D eigenvalue weighted by Gasteiger charge is 2.37. The fraction of sp³-hybridized carbons (Fsp3) is 0.478. The van der Waals surface area contributed by atoms with Crippen LogP contribution in [0.4, 0.5) is 0 Å². The van der Waals surface area contributed by atoms with Crippen molar-refractivity contribution in [2.45, 2.75) is 50.7 Å². The predicted molar refractivity (Wildman–Crippen MR) is 116 cm³/mol. The van der Waals surface area contributed by atoms with Gasteiger partial charge in [0.05, 0.1) is 24.0 Å². The first-order valence-electron chi connectivity index (χ1n) is 11.0. The number of rotatable bonds is 4. The van der Waals surface area contributed by atoms with Crippen LogP contribution in [-0.2, 0) is 11.3 Å². The monoisotopic (exact) mass is 421 g/mol. The second-order valence-corrected chi connectivity index (χ2v) is 8.84. The molecule has 8 nitrogen and oxygen atoms in total. The largest absolute Gasteiger partial charge is 0.388 e. The number of likely N-dealkylation sites (tertiary alicyclic amines) is 1. The van der Waals surface area contributed by atoms with Gasteiger partial charge in [0.25, 0.3) is 5.56 Å². The quantitative estimate of drug-likeness (QED) is 0.697.